The fourth-order valence-corrected chi connectivity index (χ4v) is 2.70. The van der Waals surface area contributed by atoms with Crippen molar-refractivity contribution in [1.82, 2.24) is 4.90 Å². The molecule has 3 heteroatoms. The molecule has 2 rings (SSSR count). The third-order valence-corrected chi connectivity index (χ3v) is 3.69. The molecule has 0 bridgehead atoms. The van der Waals surface area contributed by atoms with Gasteiger partial charge in [-0.25, -0.2) is 0 Å². The minimum atomic E-state index is 0.292. The van der Waals surface area contributed by atoms with Crippen molar-refractivity contribution in [2.75, 3.05) is 26.2 Å². The molecule has 1 heterocycles. The van der Waals surface area contributed by atoms with E-state index in [1.165, 1.54) is 24.0 Å². The summed E-state index contributed by atoms with van der Waals surface area (Å²) in [5.41, 5.74) is 8.36. The van der Waals surface area contributed by atoms with Crippen molar-refractivity contribution in [2.24, 2.45) is 5.73 Å². The second-order valence-electron chi connectivity index (χ2n) is 5.50. The summed E-state index contributed by atoms with van der Waals surface area (Å²) in [7, 11) is 0. The Hall–Kier alpha value is -1.06. The van der Waals surface area contributed by atoms with Gasteiger partial charge in [0.25, 0.3) is 0 Å². The molecule has 0 saturated carbocycles. The van der Waals surface area contributed by atoms with Crippen LogP contribution in [0.5, 0.6) is 5.75 Å². The van der Waals surface area contributed by atoms with Gasteiger partial charge in [0, 0.05) is 26.1 Å². The first kappa shape index (κ1) is 14.4. The van der Waals surface area contributed by atoms with Crippen LogP contribution < -0.4 is 10.5 Å². The Balaban J connectivity index is 1.90. The van der Waals surface area contributed by atoms with Crippen LogP contribution in [-0.2, 0) is 6.42 Å². The smallest absolute Gasteiger partial charge is 0.123 e. The lowest BCUT2D eigenvalue weighted by atomic mass is 10.1. The highest BCUT2D eigenvalue weighted by Crippen LogP contribution is 2.29. The number of nitrogens with zero attached hydrogens (tertiary/aromatic N) is 1. The lowest BCUT2D eigenvalue weighted by Gasteiger charge is -2.24. The molecule has 0 amide bonds. The number of aryl methyl sites for hydroxylation is 1. The number of nitrogens with two attached hydrogens (primary N) is 1. The minimum absolute atomic E-state index is 0.292. The Morgan fingerprint density at radius 2 is 2.21 bits per heavy atom. The molecule has 1 aliphatic heterocycles. The number of unbranched alkanes of at least 4 members (excludes halogenated alkanes) is 1. The normalized spacial score (nSPS) is 17.6. The lowest BCUT2D eigenvalue weighted by molar-refractivity contribution is 0.151. The largest absolute Gasteiger partial charge is 0.488 e. The number of benzene rings is 1. The standard InChI is InChI=1S/C16H26N2O/c1-3-4-8-18(9-7-17)12-15-11-14-10-13(2)5-6-16(14)19-15/h5-6,10,15H,3-4,7-9,11-12,17H2,1-2H3. The lowest BCUT2D eigenvalue weighted by Crippen LogP contribution is -2.38. The van der Waals surface area contributed by atoms with Crippen molar-refractivity contribution in [3.8, 4) is 5.75 Å². The molecule has 2 N–H and O–H groups in total. The highest BCUT2D eigenvalue weighted by Gasteiger charge is 2.24. The Morgan fingerprint density at radius 3 is 2.95 bits per heavy atom. The fourth-order valence-electron chi connectivity index (χ4n) is 2.70. The Labute approximate surface area is 116 Å². The van der Waals surface area contributed by atoms with Gasteiger partial charge >= 0.3 is 0 Å². The van der Waals surface area contributed by atoms with E-state index in [9.17, 15) is 0 Å². The molecule has 0 aromatic heterocycles. The summed E-state index contributed by atoms with van der Waals surface area (Å²) in [6.07, 6.45) is 3.79. The predicted molar refractivity (Wildman–Crippen MR) is 79.7 cm³/mol. The van der Waals surface area contributed by atoms with Crippen LogP contribution >= 0.6 is 0 Å². The van der Waals surface area contributed by atoms with E-state index in [2.05, 4.69) is 36.9 Å². The van der Waals surface area contributed by atoms with E-state index in [1.54, 1.807) is 0 Å². The fraction of sp³-hybridized carbons (Fsp3) is 0.625. The topological polar surface area (TPSA) is 38.5 Å². The quantitative estimate of drug-likeness (QED) is 0.820. The van der Waals surface area contributed by atoms with E-state index < -0.39 is 0 Å². The highest BCUT2D eigenvalue weighted by molar-refractivity contribution is 5.40. The minimum Gasteiger partial charge on any atom is -0.488 e. The Kier molecular flexibility index (Phi) is 5.23. The van der Waals surface area contributed by atoms with E-state index >= 15 is 0 Å². The molecule has 1 aliphatic rings. The molecule has 0 spiro atoms. The maximum atomic E-state index is 6.04. The van der Waals surface area contributed by atoms with Gasteiger partial charge in [-0.2, -0.15) is 0 Å². The Morgan fingerprint density at radius 1 is 1.37 bits per heavy atom. The van der Waals surface area contributed by atoms with Gasteiger partial charge in [-0.3, -0.25) is 4.90 Å². The van der Waals surface area contributed by atoms with E-state index in [1.807, 2.05) is 0 Å². The van der Waals surface area contributed by atoms with E-state index in [4.69, 9.17) is 10.5 Å². The summed E-state index contributed by atoms with van der Waals surface area (Å²) >= 11 is 0. The first-order chi connectivity index (χ1) is 9.22. The summed E-state index contributed by atoms with van der Waals surface area (Å²) in [6.45, 7) is 8.17. The monoisotopic (exact) mass is 262 g/mol. The van der Waals surface area contributed by atoms with E-state index in [0.717, 1.165) is 38.3 Å². The summed E-state index contributed by atoms with van der Waals surface area (Å²) in [5.74, 6) is 1.07. The van der Waals surface area contributed by atoms with Gasteiger partial charge in [0.2, 0.25) is 0 Å². The van der Waals surface area contributed by atoms with E-state index in [0.29, 0.717) is 6.10 Å². The second-order valence-corrected chi connectivity index (χ2v) is 5.50. The molecule has 1 atom stereocenters. The number of ether oxygens (including phenoxy) is 1. The van der Waals surface area contributed by atoms with Crippen LogP contribution in [0.4, 0.5) is 0 Å². The number of hydrogen-bond donors (Lipinski definition) is 1. The second kappa shape index (κ2) is 6.92. The zero-order valence-corrected chi connectivity index (χ0v) is 12.2. The van der Waals surface area contributed by atoms with Gasteiger partial charge in [-0.05, 0) is 31.5 Å². The maximum Gasteiger partial charge on any atom is 0.123 e. The molecular formula is C16H26N2O. The SMILES string of the molecule is CCCCN(CCN)CC1Cc2cc(C)ccc2O1. The van der Waals surface area contributed by atoms with Gasteiger partial charge in [-0.1, -0.05) is 31.0 Å². The molecule has 0 saturated heterocycles. The van der Waals surface area contributed by atoms with Gasteiger partial charge in [0.1, 0.15) is 11.9 Å². The van der Waals surface area contributed by atoms with Crippen LogP contribution in [0.25, 0.3) is 0 Å². The van der Waals surface area contributed by atoms with Crippen molar-refractivity contribution in [1.29, 1.82) is 0 Å². The molecule has 1 aromatic carbocycles. The maximum absolute atomic E-state index is 6.04. The van der Waals surface area contributed by atoms with Gasteiger partial charge in [-0.15, -0.1) is 0 Å². The molecule has 1 aromatic rings. The van der Waals surface area contributed by atoms with E-state index in [-0.39, 0.29) is 0 Å². The average molecular weight is 262 g/mol. The van der Waals surface area contributed by atoms with Crippen molar-refractivity contribution in [2.45, 2.75) is 39.2 Å². The first-order valence-electron chi connectivity index (χ1n) is 7.41. The molecule has 19 heavy (non-hydrogen) atoms. The molecule has 3 nitrogen and oxygen atoms in total. The molecule has 0 aliphatic carbocycles. The summed E-state index contributed by atoms with van der Waals surface area (Å²) in [5, 5.41) is 0. The van der Waals surface area contributed by atoms with Crippen LogP contribution in [0.1, 0.15) is 30.9 Å². The zero-order chi connectivity index (χ0) is 13.7. The van der Waals surface area contributed by atoms with Crippen molar-refractivity contribution in [3.63, 3.8) is 0 Å². The van der Waals surface area contributed by atoms with Crippen LogP contribution in [0.2, 0.25) is 0 Å². The molecule has 0 fully saturated rings. The number of rotatable bonds is 7. The molecule has 106 valence electrons. The third kappa shape index (κ3) is 3.95. The van der Waals surface area contributed by atoms with Crippen molar-refractivity contribution in [3.05, 3.63) is 29.3 Å². The highest BCUT2D eigenvalue weighted by atomic mass is 16.5. The zero-order valence-electron chi connectivity index (χ0n) is 12.2. The number of fused-ring (bicyclic) bond motifs is 1. The predicted octanol–water partition coefficient (Wildman–Crippen LogP) is 2.36. The molecule has 0 radical (unpaired) electrons. The third-order valence-electron chi connectivity index (χ3n) is 3.69. The summed E-state index contributed by atoms with van der Waals surface area (Å²) < 4.78 is 6.04. The van der Waals surface area contributed by atoms with Gasteiger partial charge < -0.3 is 10.5 Å². The molecule has 1 unspecified atom stereocenters. The van der Waals surface area contributed by atoms with Crippen LogP contribution in [0.15, 0.2) is 18.2 Å². The van der Waals surface area contributed by atoms with Crippen molar-refractivity contribution < 1.29 is 4.74 Å². The van der Waals surface area contributed by atoms with Crippen LogP contribution in [-0.4, -0.2) is 37.2 Å². The van der Waals surface area contributed by atoms with Crippen LogP contribution in [0.3, 0.4) is 0 Å². The van der Waals surface area contributed by atoms with Crippen LogP contribution in [0, 0.1) is 6.92 Å². The van der Waals surface area contributed by atoms with Gasteiger partial charge in [0.05, 0.1) is 0 Å². The van der Waals surface area contributed by atoms with Gasteiger partial charge in [0.15, 0.2) is 0 Å². The molecular weight excluding hydrogens is 236 g/mol. The summed E-state index contributed by atoms with van der Waals surface area (Å²) in [4.78, 5) is 2.44. The average Bonchev–Trinajstić information content (AvgIpc) is 2.77. The Bertz CT molecular complexity index is 406. The summed E-state index contributed by atoms with van der Waals surface area (Å²) in [6, 6.07) is 6.47. The first-order valence-corrected chi connectivity index (χ1v) is 7.41. The number of hydrogen-bond acceptors (Lipinski definition) is 3. The van der Waals surface area contributed by atoms with Crippen molar-refractivity contribution >= 4 is 0 Å².